The Bertz CT molecular complexity index is 344. The summed E-state index contributed by atoms with van der Waals surface area (Å²) in [6.07, 6.45) is 0.954. The topological polar surface area (TPSA) is 38.5 Å². The van der Waals surface area contributed by atoms with Gasteiger partial charge < -0.3 is 15.4 Å². The molecule has 0 radical (unpaired) electrons. The number of benzene rings is 1. The first-order valence-electron chi connectivity index (χ1n) is 5.82. The molecule has 2 N–H and O–H groups in total. The van der Waals surface area contributed by atoms with Crippen molar-refractivity contribution in [2.45, 2.75) is 19.5 Å². The summed E-state index contributed by atoms with van der Waals surface area (Å²) in [6.45, 7) is 2.62. The van der Waals surface area contributed by atoms with Crippen LogP contribution in [0.25, 0.3) is 0 Å². The average molecular weight is 240 g/mol. The summed E-state index contributed by atoms with van der Waals surface area (Å²) >= 11 is 0. The maximum atomic E-state index is 13.7. The molecular weight excluding hydrogens is 219 g/mol. The molecule has 0 saturated carbocycles. The zero-order valence-corrected chi connectivity index (χ0v) is 10.6. The Morgan fingerprint density at radius 1 is 1.41 bits per heavy atom. The second-order valence-corrected chi connectivity index (χ2v) is 4.21. The van der Waals surface area contributed by atoms with Crippen LogP contribution in [-0.2, 0) is 17.8 Å². The molecule has 1 aromatic rings. The molecule has 0 aliphatic heterocycles. The number of ether oxygens (including phenoxy) is 1. The lowest BCUT2D eigenvalue weighted by Gasteiger charge is -2.17. The summed E-state index contributed by atoms with van der Waals surface area (Å²) < 4.78 is 18.7. The Kier molecular flexibility index (Phi) is 6.11. The second-order valence-electron chi connectivity index (χ2n) is 4.21. The van der Waals surface area contributed by atoms with Crippen LogP contribution >= 0.6 is 0 Å². The maximum absolute atomic E-state index is 13.7. The van der Waals surface area contributed by atoms with Crippen molar-refractivity contribution in [3.63, 3.8) is 0 Å². The average Bonchev–Trinajstić information content (AvgIpc) is 2.32. The smallest absolute Gasteiger partial charge is 0.128 e. The standard InChI is InChI=1S/C13H21FN2O/c1-16(6-3-7-17-2)10-12-5-4-11(9-15)8-13(12)14/h4-5,8H,3,6-7,9-10,15H2,1-2H3. The van der Waals surface area contributed by atoms with Crippen molar-refractivity contribution in [1.29, 1.82) is 0 Å². The van der Waals surface area contributed by atoms with Crippen molar-refractivity contribution >= 4 is 0 Å². The summed E-state index contributed by atoms with van der Waals surface area (Å²) in [5.41, 5.74) is 7.00. The lowest BCUT2D eigenvalue weighted by Crippen LogP contribution is -2.21. The van der Waals surface area contributed by atoms with Gasteiger partial charge in [0.25, 0.3) is 0 Å². The third kappa shape index (κ3) is 4.81. The lowest BCUT2D eigenvalue weighted by molar-refractivity contribution is 0.178. The molecule has 0 amide bonds. The van der Waals surface area contributed by atoms with E-state index in [0.29, 0.717) is 18.7 Å². The van der Waals surface area contributed by atoms with Crippen molar-refractivity contribution in [2.75, 3.05) is 27.3 Å². The highest BCUT2D eigenvalue weighted by Gasteiger charge is 2.06. The van der Waals surface area contributed by atoms with E-state index in [-0.39, 0.29) is 5.82 Å². The largest absolute Gasteiger partial charge is 0.385 e. The Hall–Kier alpha value is -0.970. The predicted octanol–water partition coefficient (Wildman–Crippen LogP) is 1.75. The van der Waals surface area contributed by atoms with Gasteiger partial charge in [0.05, 0.1) is 0 Å². The Labute approximate surface area is 102 Å². The number of methoxy groups -OCH3 is 1. The highest BCUT2D eigenvalue weighted by atomic mass is 19.1. The van der Waals surface area contributed by atoms with Gasteiger partial charge in [0.1, 0.15) is 5.82 Å². The monoisotopic (exact) mass is 240 g/mol. The summed E-state index contributed by atoms with van der Waals surface area (Å²) in [5.74, 6) is -0.174. The Morgan fingerprint density at radius 2 is 2.18 bits per heavy atom. The summed E-state index contributed by atoms with van der Waals surface area (Å²) in [4.78, 5) is 2.08. The molecule has 1 rings (SSSR count). The Morgan fingerprint density at radius 3 is 2.76 bits per heavy atom. The van der Waals surface area contributed by atoms with Gasteiger partial charge in [0.15, 0.2) is 0 Å². The molecule has 96 valence electrons. The molecule has 0 bridgehead atoms. The van der Waals surface area contributed by atoms with Crippen molar-refractivity contribution in [3.05, 3.63) is 35.1 Å². The van der Waals surface area contributed by atoms with Crippen LogP contribution < -0.4 is 5.73 Å². The van der Waals surface area contributed by atoms with Crippen molar-refractivity contribution < 1.29 is 9.13 Å². The molecule has 0 aromatic heterocycles. The first-order chi connectivity index (χ1) is 8.17. The SMILES string of the molecule is COCCCN(C)Cc1ccc(CN)cc1F. The van der Waals surface area contributed by atoms with E-state index in [9.17, 15) is 4.39 Å². The highest BCUT2D eigenvalue weighted by molar-refractivity contribution is 5.24. The van der Waals surface area contributed by atoms with Gasteiger partial charge >= 0.3 is 0 Å². The van der Waals surface area contributed by atoms with Gasteiger partial charge in [-0.15, -0.1) is 0 Å². The highest BCUT2D eigenvalue weighted by Crippen LogP contribution is 2.12. The fourth-order valence-electron chi connectivity index (χ4n) is 1.69. The van der Waals surface area contributed by atoms with Crippen LogP contribution in [0.4, 0.5) is 4.39 Å². The third-order valence-corrected chi connectivity index (χ3v) is 2.68. The minimum atomic E-state index is -0.174. The van der Waals surface area contributed by atoms with Crippen LogP contribution in [0.2, 0.25) is 0 Å². The zero-order valence-electron chi connectivity index (χ0n) is 10.6. The maximum Gasteiger partial charge on any atom is 0.128 e. The van der Waals surface area contributed by atoms with Crippen molar-refractivity contribution in [1.82, 2.24) is 4.90 Å². The van der Waals surface area contributed by atoms with Crippen LogP contribution in [0.3, 0.4) is 0 Å². The third-order valence-electron chi connectivity index (χ3n) is 2.68. The molecule has 17 heavy (non-hydrogen) atoms. The van der Waals surface area contributed by atoms with E-state index in [1.54, 1.807) is 7.11 Å². The van der Waals surface area contributed by atoms with E-state index in [4.69, 9.17) is 10.5 Å². The number of hydrogen-bond acceptors (Lipinski definition) is 3. The molecular formula is C13H21FN2O. The minimum Gasteiger partial charge on any atom is -0.385 e. The fourth-order valence-corrected chi connectivity index (χ4v) is 1.69. The molecule has 3 nitrogen and oxygen atoms in total. The minimum absolute atomic E-state index is 0.174. The quantitative estimate of drug-likeness (QED) is 0.738. The normalized spacial score (nSPS) is 11.1. The molecule has 0 saturated heterocycles. The van der Waals surface area contributed by atoms with Gasteiger partial charge in [-0.05, 0) is 25.1 Å². The van der Waals surface area contributed by atoms with Gasteiger partial charge in [-0.3, -0.25) is 0 Å². The van der Waals surface area contributed by atoms with Crippen molar-refractivity contribution in [2.24, 2.45) is 5.73 Å². The van der Waals surface area contributed by atoms with Gasteiger partial charge in [0, 0.05) is 38.9 Å². The van der Waals surface area contributed by atoms with Gasteiger partial charge in [-0.1, -0.05) is 12.1 Å². The van der Waals surface area contributed by atoms with Crippen LogP contribution in [-0.4, -0.2) is 32.2 Å². The number of rotatable bonds is 7. The molecule has 0 aliphatic carbocycles. The molecule has 0 heterocycles. The number of nitrogens with zero attached hydrogens (tertiary/aromatic N) is 1. The fraction of sp³-hybridized carbons (Fsp3) is 0.538. The molecule has 0 unspecified atom stereocenters. The Balaban J connectivity index is 2.50. The molecule has 1 aromatic carbocycles. The molecule has 0 atom stereocenters. The molecule has 4 heteroatoms. The number of halogens is 1. The first-order valence-corrected chi connectivity index (χ1v) is 5.82. The van der Waals surface area contributed by atoms with Crippen LogP contribution in [0.15, 0.2) is 18.2 Å². The van der Waals surface area contributed by atoms with Gasteiger partial charge in [0.2, 0.25) is 0 Å². The molecule has 0 fully saturated rings. The summed E-state index contributed by atoms with van der Waals surface area (Å²) in [5, 5.41) is 0. The van der Waals surface area contributed by atoms with E-state index >= 15 is 0 Å². The summed E-state index contributed by atoms with van der Waals surface area (Å²) in [7, 11) is 3.66. The van der Waals surface area contributed by atoms with E-state index < -0.39 is 0 Å². The number of nitrogens with two attached hydrogens (primary N) is 1. The van der Waals surface area contributed by atoms with Crippen molar-refractivity contribution in [3.8, 4) is 0 Å². The van der Waals surface area contributed by atoms with Crippen LogP contribution in [0.5, 0.6) is 0 Å². The summed E-state index contributed by atoms with van der Waals surface area (Å²) in [6, 6.07) is 5.20. The first kappa shape index (κ1) is 14.1. The number of hydrogen-bond donors (Lipinski definition) is 1. The predicted molar refractivity (Wildman–Crippen MR) is 67.1 cm³/mol. The molecule has 0 aliphatic rings. The van der Waals surface area contributed by atoms with Gasteiger partial charge in [-0.25, -0.2) is 4.39 Å². The van der Waals surface area contributed by atoms with E-state index in [1.165, 1.54) is 6.07 Å². The molecule has 0 spiro atoms. The van der Waals surface area contributed by atoms with E-state index in [2.05, 4.69) is 4.90 Å². The van der Waals surface area contributed by atoms with Gasteiger partial charge in [-0.2, -0.15) is 0 Å². The second kappa shape index (κ2) is 7.37. The van der Waals surface area contributed by atoms with E-state index in [1.807, 2.05) is 19.2 Å². The van der Waals surface area contributed by atoms with Crippen LogP contribution in [0, 0.1) is 5.82 Å². The van der Waals surface area contributed by atoms with Crippen LogP contribution in [0.1, 0.15) is 17.5 Å². The lowest BCUT2D eigenvalue weighted by atomic mass is 10.1. The van der Waals surface area contributed by atoms with E-state index in [0.717, 1.165) is 25.1 Å². The zero-order chi connectivity index (χ0) is 12.7.